The van der Waals surface area contributed by atoms with Crippen molar-refractivity contribution in [2.24, 2.45) is 0 Å². The highest BCUT2D eigenvalue weighted by atomic mass is 32.2. The molecule has 0 aliphatic carbocycles. The molecule has 7 heteroatoms. The maximum atomic E-state index is 12.1. The Kier molecular flexibility index (Phi) is 5.20. The zero-order chi connectivity index (χ0) is 18.7. The lowest BCUT2D eigenvalue weighted by molar-refractivity contribution is -0.117. The lowest BCUT2D eigenvalue weighted by atomic mass is 10.1. The minimum Gasteiger partial charge on any atom is -0.346 e. The van der Waals surface area contributed by atoms with E-state index in [1.165, 1.54) is 23.7 Å². The Balaban J connectivity index is 1.65. The van der Waals surface area contributed by atoms with Gasteiger partial charge in [0.05, 0.1) is 21.2 Å². The summed E-state index contributed by atoms with van der Waals surface area (Å²) in [4.78, 5) is 16.8. The van der Waals surface area contributed by atoms with Crippen LogP contribution in [0.15, 0.2) is 59.5 Å². The number of aromatic nitrogens is 1. The monoisotopic (exact) mass is 386 g/mol. The van der Waals surface area contributed by atoms with Crippen LogP contribution in [-0.2, 0) is 14.6 Å². The van der Waals surface area contributed by atoms with Crippen LogP contribution < -0.4 is 5.32 Å². The normalized spacial score (nSPS) is 13.2. The predicted octanol–water partition coefficient (Wildman–Crippen LogP) is 3.59. The van der Waals surface area contributed by atoms with E-state index in [-0.39, 0.29) is 16.8 Å². The third-order valence-electron chi connectivity index (χ3n) is 3.85. The van der Waals surface area contributed by atoms with Crippen molar-refractivity contribution in [2.75, 3.05) is 6.26 Å². The molecular weight excluding hydrogens is 368 g/mol. The van der Waals surface area contributed by atoms with E-state index >= 15 is 0 Å². The number of hydrogen-bond donors (Lipinski definition) is 1. The molecule has 0 spiro atoms. The number of nitrogens with zero attached hydrogens (tertiary/aromatic N) is 1. The number of hydrogen-bond acceptors (Lipinski definition) is 5. The minimum absolute atomic E-state index is 0.232. The van der Waals surface area contributed by atoms with E-state index in [1.54, 1.807) is 30.3 Å². The van der Waals surface area contributed by atoms with Crippen molar-refractivity contribution < 1.29 is 13.2 Å². The second-order valence-corrected chi connectivity index (χ2v) is 9.00. The molecule has 1 atom stereocenters. The van der Waals surface area contributed by atoms with Crippen molar-refractivity contribution >= 4 is 43.4 Å². The number of fused-ring (bicyclic) bond motifs is 1. The number of para-hydroxylation sites is 1. The SMILES string of the molecule is CC(NC(=O)/C=C/c1nc2ccccc2s1)c1ccc(S(C)(=O)=O)cc1. The van der Waals surface area contributed by atoms with Crippen molar-refractivity contribution in [2.45, 2.75) is 17.9 Å². The third-order valence-corrected chi connectivity index (χ3v) is 5.98. The van der Waals surface area contributed by atoms with Crippen LogP contribution >= 0.6 is 11.3 Å². The molecule has 0 aliphatic heterocycles. The average molecular weight is 386 g/mol. The first kappa shape index (κ1) is 18.3. The summed E-state index contributed by atoms with van der Waals surface area (Å²) in [6, 6.07) is 14.1. The summed E-state index contributed by atoms with van der Waals surface area (Å²) in [6.07, 6.45) is 4.32. The van der Waals surface area contributed by atoms with Gasteiger partial charge < -0.3 is 5.32 Å². The highest BCUT2D eigenvalue weighted by molar-refractivity contribution is 7.90. The topological polar surface area (TPSA) is 76.1 Å². The van der Waals surface area contributed by atoms with Gasteiger partial charge in [-0.05, 0) is 42.8 Å². The van der Waals surface area contributed by atoms with E-state index < -0.39 is 9.84 Å². The van der Waals surface area contributed by atoms with E-state index in [0.29, 0.717) is 0 Å². The van der Waals surface area contributed by atoms with Gasteiger partial charge in [-0.15, -0.1) is 11.3 Å². The predicted molar refractivity (Wildman–Crippen MR) is 105 cm³/mol. The summed E-state index contributed by atoms with van der Waals surface area (Å²) in [5.74, 6) is -0.232. The van der Waals surface area contributed by atoms with E-state index in [1.807, 2.05) is 31.2 Å². The Morgan fingerprint density at radius 2 is 1.85 bits per heavy atom. The van der Waals surface area contributed by atoms with E-state index in [2.05, 4.69) is 10.3 Å². The third kappa shape index (κ3) is 4.36. The molecule has 1 amide bonds. The molecule has 0 saturated carbocycles. The van der Waals surface area contributed by atoms with Crippen molar-refractivity contribution in [1.82, 2.24) is 10.3 Å². The maximum absolute atomic E-state index is 12.1. The van der Waals surface area contributed by atoms with Gasteiger partial charge in [-0.1, -0.05) is 24.3 Å². The molecule has 26 heavy (non-hydrogen) atoms. The fourth-order valence-corrected chi connectivity index (χ4v) is 3.96. The largest absolute Gasteiger partial charge is 0.346 e. The molecule has 0 bridgehead atoms. The Labute approximate surface area is 156 Å². The molecule has 134 valence electrons. The Bertz CT molecular complexity index is 1030. The Hall–Kier alpha value is -2.51. The molecular formula is C19H18N2O3S2. The fourth-order valence-electron chi connectivity index (χ4n) is 2.46. The molecule has 3 aromatic rings. The molecule has 1 N–H and O–H groups in total. The smallest absolute Gasteiger partial charge is 0.244 e. The molecule has 1 heterocycles. The number of rotatable bonds is 5. The number of carbonyl (C=O) groups excluding carboxylic acids is 1. The molecule has 3 rings (SSSR count). The highest BCUT2D eigenvalue weighted by Crippen LogP contribution is 2.22. The van der Waals surface area contributed by atoms with Crippen LogP contribution in [-0.4, -0.2) is 25.6 Å². The van der Waals surface area contributed by atoms with Crippen LogP contribution in [0.25, 0.3) is 16.3 Å². The van der Waals surface area contributed by atoms with E-state index in [9.17, 15) is 13.2 Å². The van der Waals surface area contributed by atoms with Gasteiger partial charge in [-0.2, -0.15) is 0 Å². The van der Waals surface area contributed by atoms with Gasteiger partial charge in [0, 0.05) is 12.3 Å². The van der Waals surface area contributed by atoms with Gasteiger partial charge in [-0.25, -0.2) is 13.4 Å². The molecule has 2 aromatic carbocycles. The van der Waals surface area contributed by atoms with Crippen LogP contribution in [0.2, 0.25) is 0 Å². The second kappa shape index (κ2) is 7.39. The maximum Gasteiger partial charge on any atom is 0.244 e. The first-order chi connectivity index (χ1) is 12.3. The average Bonchev–Trinajstić information content (AvgIpc) is 3.02. The zero-order valence-electron chi connectivity index (χ0n) is 14.3. The molecule has 1 aromatic heterocycles. The van der Waals surface area contributed by atoms with Crippen LogP contribution in [0.3, 0.4) is 0 Å². The van der Waals surface area contributed by atoms with Crippen molar-refractivity contribution in [3.8, 4) is 0 Å². The zero-order valence-corrected chi connectivity index (χ0v) is 16.0. The van der Waals surface area contributed by atoms with Gasteiger partial charge >= 0.3 is 0 Å². The first-order valence-electron chi connectivity index (χ1n) is 7.97. The fraction of sp³-hybridized carbons (Fsp3) is 0.158. The molecule has 0 fully saturated rings. The summed E-state index contributed by atoms with van der Waals surface area (Å²) in [5, 5.41) is 3.63. The van der Waals surface area contributed by atoms with Crippen molar-refractivity contribution in [1.29, 1.82) is 0 Å². The van der Waals surface area contributed by atoms with Crippen LogP contribution in [0.1, 0.15) is 23.5 Å². The van der Waals surface area contributed by atoms with E-state index in [0.717, 1.165) is 20.8 Å². The lowest BCUT2D eigenvalue weighted by Gasteiger charge is -2.13. The summed E-state index contributed by atoms with van der Waals surface area (Å²) in [7, 11) is -3.22. The van der Waals surface area contributed by atoms with Crippen molar-refractivity contribution in [3.05, 3.63) is 65.2 Å². The number of carbonyl (C=O) groups is 1. The number of sulfone groups is 1. The number of benzene rings is 2. The summed E-state index contributed by atoms with van der Waals surface area (Å²) in [5.41, 5.74) is 1.75. The minimum atomic E-state index is -3.22. The number of amides is 1. The molecule has 5 nitrogen and oxygen atoms in total. The molecule has 0 saturated heterocycles. The quantitative estimate of drug-likeness (QED) is 0.680. The van der Waals surface area contributed by atoms with Gasteiger partial charge in [0.2, 0.25) is 5.91 Å². The van der Waals surface area contributed by atoms with Crippen LogP contribution in [0, 0.1) is 0 Å². The summed E-state index contributed by atoms with van der Waals surface area (Å²) < 4.78 is 24.1. The Morgan fingerprint density at radius 1 is 1.15 bits per heavy atom. The Morgan fingerprint density at radius 3 is 2.50 bits per heavy atom. The highest BCUT2D eigenvalue weighted by Gasteiger charge is 2.11. The lowest BCUT2D eigenvalue weighted by Crippen LogP contribution is -2.24. The van der Waals surface area contributed by atoms with Crippen molar-refractivity contribution in [3.63, 3.8) is 0 Å². The van der Waals surface area contributed by atoms with Gasteiger partial charge in [0.25, 0.3) is 0 Å². The van der Waals surface area contributed by atoms with Crippen LogP contribution in [0.5, 0.6) is 0 Å². The molecule has 0 aliphatic rings. The summed E-state index contributed by atoms with van der Waals surface area (Å²) in [6.45, 7) is 1.85. The summed E-state index contributed by atoms with van der Waals surface area (Å²) >= 11 is 1.52. The number of thiazole rings is 1. The molecule has 0 radical (unpaired) electrons. The second-order valence-electron chi connectivity index (χ2n) is 5.92. The van der Waals surface area contributed by atoms with Gasteiger partial charge in [0.1, 0.15) is 5.01 Å². The molecule has 1 unspecified atom stereocenters. The standard InChI is InChI=1S/C19H18N2O3S2/c1-13(14-7-9-15(10-8-14)26(2,23)24)20-18(22)11-12-19-21-16-5-3-4-6-17(16)25-19/h3-13H,1-2H3,(H,20,22)/b12-11+. The van der Waals surface area contributed by atoms with E-state index in [4.69, 9.17) is 0 Å². The first-order valence-corrected chi connectivity index (χ1v) is 10.7. The van der Waals surface area contributed by atoms with Gasteiger partial charge in [0.15, 0.2) is 9.84 Å². The number of nitrogens with one attached hydrogen (secondary N) is 1. The van der Waals surface area contributed by atoms with Gasteiger partial charge in [-0.3, -0.25) is 4.79 Å². The van der Waals surface area contributed by atoms with Crippen LogP contribution in [0.4, 0.5) is 0 Å².